The van der Waals surface area contributed by atoms with Crippen molar-refractivity contribution in [3.05, 3.63) is 57.6 Å². The second-order valence-corrected chi connectivity index (χ2v) is 8.06. The van der Waals surface area contributed by atoms with Gasteiger partial charge in [0.25, 0.3) is 5.91 Å². The average molecular weight is 454 g/mol. The lowest BCUT2D eigenvalue weighted by Crippen LogP contribution is -2.32. The van der Waals surface area contributed by atoms with Crippen LogP contribution in [0.1, 0.15) is 54.6 Å². The Bertz CT molecular complexity index is 1090. The first kappa shape index (κ1) is 24.1. The van der Waals surface area contributed by atoms with Crippen LogP contribution in [0.5, 0.6) is 5.75 Å². The summed E-state index contributed by atoms with van der Waals surface area (Å²) < 4.78 is 11.3. The molecule has 33 heavy (non-hydrogen) atoms. The Morgan fingerprint density at radius 3 is 2.52 bits per heavy atom. The van der Waals surface area contributed by atoms with Gasteiger partial charge in [0.15, 0.2) is 11.5 Å². The fraction of sp³-hybridized carbons (Fsp3) is 0.400. The third-order valence-electron chi connectivity index (χ3n) is 5.70. The molecule has 0 saturated heterocycles. The molecule has 1 aliphatic carbocycles. The molecule has 8 nitrogen and oxygen atoms in total. The highest BCUT2D eigenvalue weighted by Gasteiger charge is 2.34. The minimum Gasteiger partial charge on any atom is -0.465 e. The summed E-state index contributed by atoms with van der Waals surface area (Å²) in [5, 5.41) is 8.97. The molecule has 0 atom stereocenters. The number of hydrogen-bond donors (Lipinski definition) is 3. The number of anilines is 1. The van der Waals surface area contributed by atoms with Crippen molar-refractivity contribution in [2.24, 2.45) is 5.92 Å². The molecule has 1 aromatic carbocycles. The zero-order valence-corrected chi connectivity index (χ0v) is 20.0. The topological polar surface area (TPSA) is 106 Å². The Kier molecular flexibility index (Phi) is 7.26. The van der Waals surface area contributed by atoms with E-state index in [1.54, 1.807) is 33.0 Å². The number of fused-ring (bicyclic) bond motifs is 1. The van der Waals surface area contributed by atoms with E-state index in [9.17, 15) is 14.4 Å². The summed E-state index contributed by atoms with van der Waals surface area (Å²) in [5.74, 6) is -0.0790. The lowest BCUT2D eigenvalue weighted by molar-refractivity contribution is -0.121. The van der Waals surface area contributed by atoms with Gasteiger partial charge < -0.3 is 25.4 Å². The minimum atomic E-state index is -0.468. The molecule has 1 heterocycles. The van der Waals surface area contributed by atoms with Crippen LogP contribution >= 0.6 is 0 Å². The van der Waals surface area contributed by atoms with Gasteiger partial charge >= 0.3 is 5.97 Å². The largest absolute Gasteiger partial charge is 0.465 e. The van der Waals surface area contributed by atoms with Crippen LogP contribution in [0.3, 0.4) is 0 Å². The minimum absolute atomic E-state index is 0.00632. The number of aryl methyl sites for hydroxylation is 1. The molecule has 1 fully saturated rings. The van der Waals surface area contributed by atoms with Gasteiger partial charge in [-0.1, -0.05) is 19.1 Å². The lowest BCUT2D eigenvalue weighted by atomic mass is 9.98. The SMILES string of the molecule is C/C=C(/C(=O)NC)C1=C(/C(=C/CC)NC(=O)C2CC2)Oc2c(C)c(C(=O)OC)cc(C)c2N1. The normalized spacial score (nSPS) is 15.8. The second kappa shape index (κ2) is 9.94. The van der Waals surface area contributed by atoms with Crippen LogP contribution in [-0.4, -0.2) is 31.9 Å². The van der Waals surface area contributed by atoms with Crippen LogP contribution in [0.15, 0.2) is 40.9 Å². The number of ether oxygens (including phenoxy) is 2. The summed E-state index contributed by atoms with van der Waals surface area (Å²) in [7, 11) is 2.88. The number of carbonyl (C=O) groups excluding carboxylic acids is 3. The fourth-order valence-electron chi connectivity index (χ4n) is 3.71. The smallest absolute Gasteiger partial charge is 0.338 e. The Morgan fingerprint density at radius 1 is 1.27 bits per heavy atom. The number of nitrogens with one attached hydrogen (secondary N) is 3. The van der Waals surface area contributed by atoms with Gasteiger partial charge in [0.05, 0.1) is 35.3 Å². The van der Waals surface area contributed by atoms with Crippen molar-refractivity contribution in [2.75, 3.05) is 19.5 Å². The number of esters is 1. The first-order valence-electron chi connectivity index (χ1n) is 11.1. The summed E-state index contributed by atoms with van der Waals surface area (Å²) in [4.78, 5) is 37.6. The molecule has 176 valence electrons. The molecule has 0 aromatic heterocycles. The highest BCUT2D eigenvalue weighted by molar-refractivity contribution is 6.00. The van der Waals surface area contributed by atoms with Crippen molar-refractivity contribution in [3.8, 4) is 5.75 Å². The Hall–Kier alpha value is -3.55. The predicted molar refractivity (Wildman–Crippen MR) is 126 cm³/mol. The molecular weight excluding hydrogens is 422 g/mol. The van der Waals surface area contributed by atoms with Crippen LogP contribution < -0.4 is 20.7 Å². The molecule has 0 bridgehead atoms. The van der Waals surface area contributed by atoms with Crippen LogP contribution in [-0.2, 0) is 14.3 Å². The van der Waals surface area contributed by atoms with Crippen LogP contribution in [0.25, 0.3) is 0 Å². The molecule has 1 aromatic rings. The van der Waals surface area contributed by atoms with E-state index < -0.39 is 5.97 Å². The van der Waals surface area contributed by atoms with Gasteiger partial charge in [-0.3, -0.25) is 9.59 Å². The van der Waals surface area contributed by atoms with Gasteiger partial charge in [0, 0.05) is 18.5 Å². The number of likely N-dealkylation sites (N-methyl/N-ethyl adjacent to an activating group) is 1. The average Bonchev–Trinajstić information content (AvgIpc) is 3.66. The second-order valence-electron chi connectivity index (χ2n) is 8.06. The number of hydrogen-bond acceptors (Lipinski definition) is 6. The van der Waals surface area contributed by atoms with Crippen molar-refractivity contribution in [1.82, 2.24) is 10.6 Å². The van der Waals surface area contributed by atoms with Gasteiger partial charge in [0.1, 0.15) is 0 Å². The van der Waals surface area contributed by atoms with E-state index in [0.717, 1.165) is 18.4 Å². The quantitative estimate of drug-likeness (QED) is 0.430. The molecule has 3 rings (SSSR count). The van der Waals surface area contributed by atoms with Gasteiger partial charge in [0.2, 0.25) is 5.91 Å². The Labute approximate surface area is 194 Å². The summed E-state index contributed by atoms with van der Waals surface area (Å²) in [6.07, 6.45) is 5.90. The highest BCUT2D eigenvalue weighted by atomic mass is 16.5. The Morgan fingerprint density at radius 2 is 1.97 bits per heavy atom. The van der Waals surface area contributed by atoms with Crippen molar-refractivity contribution >= 4 is 23.5 Å². The van der Waals surface area contributed by atoms with Crippen LogP contribution in [0, 0.1) is 19.8 Å². The van der Waals surface area contributed by atoms with Gasteiger partial charge in [-0.15, -0.1) is 0 Å². The molecule has 8 heteroatoms. The van der Waals surface area contributed by atoms with Gasteiger partial charge in [-0.2, -0.15) is 0 Å². The summed E-state index contributed by atoms with van der Waals surface area (Å²) in [5.41, 5.74) is 3.67. The van der Waals surface area contributed by atoms with E-state index in [0.29, 0.717) is 51.7 Å². The Balaban J connectivity index is 2.20. The zero-order valence-electron chi connectivity index (χ0n) is 20.0. The molecule has 3 N–H and O–H groups in total. The standard InChI is InChI=1S/C25H31N3O5/c1-7-9-18(27-23(29)15-10-11-15)22-20(16(8-2)24(30)26-5)28-19-13(3)12-17(25(31)32-6)14(4)21(19)33-22/h8-9,12,15,28H,7,10-11H2,1-6H3,(H,26,30)(H,27,29)/b16-8+,18-9-. The van der Waals surface area contributed by atoms with Crippen LogP contribution in [0.4, 0.5) is 5.69 Å². The summed E-state index contributed by atoms with van der Waals surface area (Å²) >= 11 is 0. The first-order valence-corrected chi connectivity index (χ1v) is 11.1. The monoisotopic (exact) mass is 453 g/mol. The number of amides is 2. The van der Waals surface area contributed by atoms with Crippen molar-refractivity contribution in [1.29, 1.82) is 0 Å². The van der Waals surface area contributed by atoms with E-state index in [4.69, 9.17) is 9.47 Å². The van der Waals surface area contributed by atoms with E-state index in [-0.39, 0.29) is 17.7 Å². The van der Waals surface area contributed by atoms with Gasteiger partial charge in [-0.05, 0) is 51.7 Å². The van der Waals surface area contributed by atoms with Crippen LogP contribution in [0.2, 0.25) is 0 Å². The third kappa shape index (κ3) is 4.79. The number of methoxy groups -OCH3 is 1. The van der Waals surface area contributed by atoms with E-state index in [2.05, 4.69) is 16.0 Å². The number of allylic oxidation sites excluding steroid dienone is 2. The number of carbonyl (C=O) groups is 3. The molecule has 1 aliphatic heterocycles. The highest BCUT2D eigenvalue weighted by Crippen LogP contribution is 2.43. The van der Waals surface area contributed by atoms with Crippen molar-refractivity contribution in [3.63, 3.8) is 0 Å². The summed E-state index contributed by atoms with van der Waals surface area (Å²) in [6.45, 7) is 7.33. The third-order valence-corrected chi connectivity index (χ3v) is 5.70. The maximum Gasteiger partial charge on any atom is 0.338 e. The fourth-order valence-corrected chi connectivity index (χ4v) is 3.71. The summed E-state index contributed by atoms with van der Waals surface area (Å²) in [6, 6.07) is 1.73. The van der Waals surface area contributed by atoms with Crippen molar-refractivity contribution in [2.45, 2.75) is 47.0 Å². The molecular formula is C25H31N3O5. The lowest BCUT2D eigenvalue weighted by Gasteiger charge is -2.30. The van der Waals surface area contributed by atoms with E-state index in [1.807, 2.05) is 19.9 Å². The first-order chi connectivity index (χ1) is 15.8. The molecule has 2 aliphatic rings. The molecule has 0 unspecified atom stereocenters. The van der Waals surface area contributed by atoms with Gasteiger partial charge in [-0.25, -0.2) is 4.79 Å². The molecule has 0 radical (unpaired) electrons. The maximum atomic E-state index is 12.7. The maximum absolute atomic E-state index is 12.7. The van der Waals surface area contributed by atoms with Crippen molar-refractivity contribution < 1.29 is 23.9 Å². The van der Waals surface area contributed by atoms with E-state index >= 15 is 0 Å². The molecule has 2 amide bonds. The molecule has 1 saturated carbocycles. The van der Waals surface area contributed by atoms with E-state index in [1.165, 1.54) is 7.11 Å². The number of rotatable bonds is 7. The zero-order chi connectivity index (χ0) is 24.3. The molecule has 0 spiro atoms. The number of benzene rings is 1. The predicted octanol–water partition coefficient (Wildman–Crippen LogP) is 3.62.